The number of carbonyl (C=O) groups excluding carboxylic acids is 1. The minimum Gasteiger partial charge on any atom is -0.450 e. The van der Waals surface area contributed by atoms with Crippen molar-refractivity contribution in [2.75, 3.05) is 19.7 Å². The smallest absolute Gasteiger partial charge is 0.409 e. The fourth-order valence-corrected chi connectivity index (χ4v) is 3.22. The lowest BCUT2D eigenvalue weighted by Gasteiger charge is -2.31. The summed E-state index contributed by atoms with van der Waals surface area (Å²) in [6.07, 6.45) is 3.61. The first-order valence-corrected chi connectivity index (χ1v) is 8.82. The van der Waals surface area contributed by atoms with E-state index in [1.54, 1.807) is 9.75 Å². The summed E-state index contributed by atoms with van der Waals surface area (Å²) in [5.74, 6) is 0.403. The molecule has 0 saturated carbocycles. The maximum Gasteiger partial charge on any atom is 0.409 e. The van der Waals surface area contributed by atoms with Crippen LogP contribution in [0, 0.1) is 6.92 Å². The van der Waals surface area contributed by atoms with Crippen LogP contribution in [0.2, 0.25) is 0 Å². The normalized spacial score (nSPS) is 15.2. The molecule has 25 heavy (non-hydrogen) atoms. The van der Waals surface area contributed by atoms with Gasteiger partial charge in [0, 0.05) is 18.7 Å². The molecule has 3 rings (SSSR count). The molecule has 1 saturated heterocycles. The van der Waals surface area contributed by atoms with Crippen molar-refractivity contribution in [3.05, 3.63) is 53.3 Å². The number of carbonyl (C=O) groups is 1. The molecule has 0 aliphatic carbocycles. The first kappa shape index (κ1) is 17.3. The van der Waals surface area contributed by atoms with Gasteiger partial charge in [-0.05, 0) is 38.2 Å². The van der Waals surface area contributed by atoms with Gasteiger partial charge in [-0.25, -0.2) is 4.79 Å². The van der Waals surface area contributed by atoms with Crippen molar-refractivity contribution in [1.29, 1.82) is 0 Å². The van der Waals surface area contributed by atoms with Gasteiger partial charge in [-0.3, -0.25) is 0 Å². The third-order valence-electron chi connectivity index (χ3n) is 4.58. The topological polar surface area (TPSA) is 56.6 Å². The summed E-state index contributed by atoms with van der Waals surface area (Å²) >= 11 is 0. The highest BCUT2D eigenvalue weighted by molar-refractivity contribution is 5.67. The number of nitrogens with zero attached hydrogens (tertiary/aromatic N) is 3. The Morgan fingerprint density at radius 3 is 2.64 bits per heavy atom. The summed E-state index contributed by atoms with van der Waals surface area (Å²) in [6, 6.07) is 10.0. The van der Waals surface area contributed by atoms with Gasteiger partial charge in [0.05, 0.1) is 18.5 Å². The van der Waals surface area contributed by atoms with Crippen molar-refractivity contribution in [3.8, 4) is 0 Å². The predicted molar refractivity (Wildman–Crippen MR) is 94.3 cm³/mol. The van der Waals surface area contributed by atoms with E-state index in [1.807, 2.05) is 50.4 Å². The van der Waals surface area contributed by atoms with E-state index in [-0.39, 0.29) is 6.09 Å². The van der Waals surface area contributed by atoms with Gasteiger partial charge in [0.25, 0.3) is 0 Å². The Labute approximate surface area is 148 Å². The quantitative estimate of drug-likeness (QED) is 0.837. The molecule has 0 radical (unpaired) electrons. The second kappa shape index (κ2) is 8.05. The number of aryl methyl sites for hydroxylation is 1. The number of hydrogen-bond acceptors (Lipinski definition) is 4. The van der Waals surface area contributed by atoms with Crippen LogP contribution in [-0.2, 0) is 11.3 Å². The van der Waals surface area contributed by atoms with E-state index < -0.39 is 0 Å². The summed E-state index contributed by atoms with van der Waals surface area (Å²) in [5, 5.41) is 4.47. The van der Waals surface area contributed by atoms with Gasteiger partial charge >= 0.3 is 6.09 Å². The zero-order chi connectivity index (χ0) is 17.6. The van der Waals surface area contributed by atoms with Gasteiger partial charge < -0.3 is 14.5 Å². The minimum absolute atomic E-state index is 0.209. The molecule has 134 valence electrons. The molecule has 6 nitrogen and oxygen atoms in total. The molecule has 1 aliphatic heterocycles. The molecule has 1 aliphatic rings. The third kappa shape index (κ3) is 4.32. The van der Waals surface area contributed by atoms with E-state index in [0.717, 1.165) is 37.2 Å². The van der Waals surface area contributed by atoms with Crippen LogP contribution in [0.4, 0.5) is 4.79 Å². The first-order chi connectivity index (χ1) is 12.2. The van der Waals surface area contributed by atoms with E-state index in [2.05, 4.69) is 5.10 Å². The zero-order valence-electron chi connectivity index (χ0n) is 14.9. The fraction of sp³-hybridized carbons (Fsp3) is 0.474. The Morgan fingerprint density at radius 2 is 1.96 bits per heavy atom. The summed E-state index contributed by atoms with van der Waals surface area (Å²) < 4.78 is 5.07. The van der Waals surface area contributed by atoms with E-state index >= 15 is 0 Å². The summed E-state index contributed by atoms with van der Waals surface area (Å²) in [5.41, 5.74) is 3.30. The summed E-state index contributed by atoms with van der Waals surface area (Å²) in [4.78, 5) is 20.9. The van der Waals surface area contributed by atoms with Crippen LogP contribution < -0.4 is 4.84 Å². The van der Waals surface area contributed by atoms with Gasteiger partial charge in [-0.15, -0.1) is 9.94 Å². The lowest BCUT2D eigenvalue weighted by Crippen LogP contribution is -2.38. The van der Waals surface area contributed by atoms with Gasteiger partial charge in [0.15, 0.2) is 0 Å². The Balaban J connectivity index is 1.57. The van der Waals surface area contributed by atoms with Crippen molar-refractivity contribution < 1.29 is 14.4 Å². The van der Waals surface area contributed by atoms with Gasteiger partial charge in [-0.1, -0.05) is 30.3 Å². The number of amides is 1. The highest BCUT2D eigenvalue weighted by atomic mass is 16.7. The second-order valence-electron chi connectivity index (χ2n) is 6.29. The first-order valence-electron chi connectivity index (χ1n) is 8.82. The highest BCUT2D eigenvalue weighted by Gasteiger charge is 2.26. The number of aromatic nitrogens is 2. The second-order valence-corrected chi connectivity index (χ2v) is 6.29. The largest absolute Gasteiger partial charge is 0.450 e. The predicted octanol–water partition coefficient (Wildman–Crippen LogP) is 3.16. The number of rotatable bonds is 5. The molecule has 1 amide bonds. The molecule has 0 bridgehead atoms. The molecule has 0 unspecified atom stereocenters. The van der Waals surface area contributed by atoms with E-state index in [1.165, 1.54) is 5.56 Å². The third-order valence-corrected chi connectivity index (χ3v) is 4.58. The maximum absolute atomic E-state index is 11.8. The molecular formula is C19H25N3O3. The molecule has 0 N–H and O–H groups in total. The molecule has 1 aromatic heterocycles. The molecule has 2 aromatic rings. The van der Waals surface area contributed by atoms with Crippen LogP contribution in [0.5, 0.6) is 0 Å². The van der Waals surface area contributed by atoms with Crippen molar-refractivity contribution in [2.45, 2.75) is 39.2 Å². The average molecular weight is 343 g/mol. The number of benzene rings is 1. The van der Waals surface area contributed by atoms with Crippen LogP contribution in [0.15, 0.2) is 36.5 Å². The number of piperidine rings is 1. The van der Waals surface area contributed by atoms with Crippen molar-refractivity contribution in [2.24, 2.45) is 0 Å². The van der Waals surface area contributed by atoms with E-state index in [0.29, 0.717) is 19.1 Å². The molecule has 2 heterocycles. The molecular weight excluding hydrogens is 318 g/mol. The zero-order valence-corrected chi connectivity index (χ0v) is 14.9. The molecule has 1 fully saturated rings. The standard InChI is InChI=1S/C19H25N3O3/c1-3-24-19(23)21-11-9-17(10-12-21)18-13-22(20-15(18)2)25-14-16-7-5-4-6-8-16/h4-8,13,17H,3,9-12,14H2,1-2H3. The Hall–Kier alpha value is -2.50. The Morgan fingerprint density at radius 1 is 1.24 bits per heavy atom. The molecule has 6 heteroatoms. The molecule has 1 aromatic carbocycles. The number of likely N-dealkylation sites (tertiary alicyclic amines) is 1. The molecule has 0 spiro atoms. The van der Waals surface area contributed by atoms with Crippen molar-refractivity contribution >= 4 is 6.09 Å². The van der Waals surface area contributed by atoms with Crippen molar-refractivity contribution in [1.82, 2.24) is 14.8 Å². The monoisotopic (exact) mass is 343 g/mol. The van der Waals surface area contributed by atoms with E-state index in [9.17, 15) is 4.79 Å². The van der Waals surface area contributed by atoms with Gasteiger partial charge in [-0.2, -0.15) is 0 Å². The fourth-order valence-electron chi connectivity index (χ4n) is 3.22. The van der Waals surface area contributed by atoms with Crippen LogP contribution >= 0.6 is 0 Å². The van der Waals surface area contributed by atoms with Crippen LogP contribution in [0.1, 0.15) is 42.5 Å². The van der Waals surface area contributed by atoms with Crippen LogP contribution in [0.25, 0.3) is 0 Å². The maximum atomic E-state index is 11.8. The van der Waals surface area contributed by atoms with Gasteiger partial charge in [0.1, 0.15) is 6.61 Å². The number of hydrogen-bond donors (Lipinski definition) is 0. The summed E-state index contributed by atoms with van der Waals surface area (Å²) in [6.45, 7) is 6.19. The van der Waals surface area contributed by atoms with Crippen LogP contribution in [0.3, 0.4) is 0 Å². The van der Waals surface area contributed by atoms with Crippen molar-refractivity contribution in [3.63, 3.8) is 0 Å². The SMILES string of the molecule is CCOC(=O)N1CCC(c2cn(OCc3ccccc3)nc2C)CC1. The molecule has 0 atom stereocenters. The lowest BCUT2D eigenvalue weighted by molar-refractivity contribution is 0.0691. The Bertz CT molecular complexity index is 691. The Kier molecular flexibility index (Phi) is 5.58. The summed E-state index contributed by atoms with van der Waals surface area (Å²) in [7, 11) is 0. The highest BCUT2D eigenvalue weighted by Crippen LogP contribution is 2.29. The van der Waals surface area contributed by atoms with Crippen LogP contribution in [-0.4, -0.2) is 40.6 Å². The number of ether oxygens (including phenoxy) is 1. The van der Waals surface area contributed by atoms with Gasteiger partial charge in [0.2, 0.25) is 0 Å². The lowest BCUT2D eigenvalue weighted by atomic mass is 9.90. The van der Waals surface area contributed by atoms with E-state index in [4.69, 9.17) is 9.57 Å². The average Bonchev–Trinajstić information content (AvgIpc) is 3.02. The minimum atomic E-state index is -0.209.